The predicted molar refractivity (Wildman–Crippen MR) is 78.6 cm³/mol. The summed E-state index contributed by atoms with van der Waals surface area (Å²) in [5.41, 5.74) is 3.39. The van der Waals surface area contributed by atoms with Crippen molar-refractivity contribution >= 4 is 17.7 Å². The number of carboxylic acid groups (broad SMARTS) is 1. The van der Waals surface area contributed by atoms with E-state index in [9.17, 15) is 4.79 Å². The zero-order valence-corrected chi connectivity index (χ0v) is 12.6. The SMILES string of the molecule is CCc1cccc(C)c1-n1c(C)nnc1SCC(=O)O. The summed E-state index contributed by atoms with van der Waals surface area (Å²) in [7, 11) is 0. The third-order valence-electron chi connectivity index (χ3n) is 3.05. The van der Waals surface area contributed by atoms with Gasteiger partial charge in [0.1, 0.15) is 5.82 Å². The molecule has 0 fully saturated rings. The fourth-order valence-corrected chi connectivity index (χ4v) is 2.85. The van der Waals surface area contributed by atoms with Gasteiger partial charge in [-0.2, -0.15) is 0 Å². The molecule has 106 valence electrons. The van der Waals surface area contributed by atoms with Crippen LogP contribution in [-0.4, -0.2) is 31.6 Å². The van der Waals surface area contributed by atoms with Crippen molar-refractivity contribution in [3.63, 3.8) is 0 Å². The highest BCUT2D eigenvalue weighted by atomic mass is 32.2. The van der Waals surface area contributed by atoms with Crippen LogP contribution in [0.5, 0.6) is 0 Å². The number of aliphatic carboxylic acids is 1. The predicted octanol–water partition coefficient (Wildman–Crippen LogP) is 2.62. The van der Waals surface area contributed by atoms with E-state index in [-0.39, 0.29) is 5.75 Å². The van der Waals surface area contributed by atoms with Gasteiger partial charge in [-0.25, -0.2) is 0 Å². The summed E-state index contributed by atoms with van der Waals surface area (Å²) in [6, 6.07) is 6.15. The smallest absolute Gasteiger partial charge is 0.313 e. The van der Waals surface area contributed by atoms with Crippen molar-refractivity contribution in [3.8, 4) is 5.69 Å². The number of hydrogen-bond acceptors (Lipinski definition) is 4. The Kier molecular flexibility index (Phi) is 4.44. The molecule has 1 aromatic heterocycles. The van der Waals surface area contributed by atoms with Crippen LogP contribution < -0.4 is 0 Å². The summed E-state index contributed by atoms with van der Waals surface area (Å²) in [5.74, 6) is -0.115. The van der Waals surface area contributed by atoms with Crippen molar-refractivity contribution in [2.45, 2.75) is 32.3 Å². The fraction of sp³-hybridized carbons (Fsp3) is 0.357. The number of benzene rings is 1. The molecular weight excluding hydrogens is 274 g/mol. The average Bonchev–Trinajstić information content (AvgIpc) is 2.77. The lowest BCUT2D eigenvalue weighted by atomic mass is 10.1. The molecule has 20 heavy (non-hydrogen) atoms. The molecule has 1 aromatic carbocycles. The van der Waals surface area contributed by atoms with Crippen LogP contribution in [0, 0.1) is 13.8 Å². The Labute approximate surface area is 122 Å². The minimum absolute atomic E-state index is 0.0223. The first-order valence-electron chi connectivity index (χ1n) is 6.40. The molecule has 0 unspecified atom stereocenters. The van der Waals surface area contributed by atoms with Crippen LogP contribution in [0.3, 0.4) is 0 Å². The van der Waals surface area contributed by atoms with E-state index in [1.807, 2.05) is 30.5 Å². The van der Waals surface area contributed by atoms with Crippen molar-refractivity contribution in [1.82, 2.24) is 14.8 Å². The molecule has 0 spiro atoms. The largest absolute Gasteiger partial charge is 0.481 e. The van der Waals surface area contributed by atoms with Crippen LogP contribution in [-0.2, 0) is 11.2 Å². The monoisotopic (exact) mass is 291 g/mol. The second kappa shape index (κ2) is 6.09. The molecule has 0 bridgehead atoms. The Morgan fingerprint density at radius 3 is 2.75 bits per heavy atom. The van der Waals surface area contributed by atoms with E-state index in [0.29, 0.717) is 5.16 Å². The first-order valence-corrected chi connectivity index (χ1v) is 7.38. The van der Waals surface area contributed by atoms with Gasteiger partial charge in [0.05, 0.1) is 11.4 Å². The number of rotatable bonds is 5. The molecule has 0 atom stereocenters. The number of carboxylic acids is 1. The molecule has 0 amide bonds. The highest BCUT2D eigenvalue weighted by molar-refractivity contribution is 7.99. The van der Waals surface area contributed by atoms with Gasteiger partial charge >= 0.3 is 5.97 Å². The molecule has 0 radical (unpaired) electrons. The standard InChI is InChI=1S/C14H17N3O2S/c1-4-11-7-5-6-9(2)13(11)17-10(3)15-16-14(17)20-8-12(18)19/h5-7H,4,8H2,1-3H3,(H,18,19). The quantitative estimate of drug-likeness (QED) is 0.858. The minimum atomic E-state index is -0.859. The first-order chi connectivity index (χ1) is 9.54. The average molecular weight is 291 g/mol. The molecule has 0 aliphatic heterocycles. The van der Waals surface area contributed by atoms with Crippen molar-refractivity contribution in [1.29, 1.82) is 0 Å². The maximum Gasteiger partial charge on any atom is 0.313 e. The summed E-state index contributed by atoms with van der Waals surface area (Å²) in [6.07, 6.45) is 0.900. The Morgan fingerprint density at radius 2 is 2.10 bits per heavy atom. The molecule has 2 aromatic rings. The van der Waals surface area contributed by atoms with Crippen molar-refractivity contribution in [2.75, 3.05) is 5.75 Å². The number of aryl methyl sites for hydroxylation is 3. The second-order valence-corrected chi connectivity index (χ2v) is 5.43. The van der Waals surface area contributed by atoms with Crippen molar-refractivity contribution in [3.05, 3.63) is 35.2 Å². The molecule has 0 aliphatic carbocycles. The van der Waals surface area contributed by atoms with Gasteiger partial charge in [-0.15, -0.1) is 10.2 Å². The molecule has 1 N–H and O–H groups in total. The van der Waals surface area contributed by atoms with Crippen LogP contribution in [0.25, 0.3) is 5.69 Å². The third-order valence-corrected chi connectivity index (χ3v) is 3.96. The van der Waals surface area contributed by atoms with Gasteiger partial charge in [0.25, 0.3) is 0 Å². The number of nitrogens with zero attached hydrogens (tertiary/aromatic N) is 3. The number of hydrogen-bond donors (Lipinski definition) is 1. The minimum Gasteiger partial charge on any atom is -0.481 e. The Morgan fingerprint density at radius 1 is 1.35 bits per heavy atom. The molecule has 1 heterocycles. The second-order valence-electron chi connectivity index (χ2n) is 4.48. The summed E-state index contributed by atoms with van der Waals surface area (Å²) < 4.78 is 1.95. The number of para-hydroxylation sites is 1. The van der Waals surface area contributed by atoms with E-state index >= 15 is 0 Å². The number of aromatic nitrogens is 3. The van der Waals surface area contributed by atoms with E-state index < -0.39 is 5.97 Å². The van der Waals surface area contributed by atoms with Gasteiger partial charge in [-0.3, -0.25) is 9.36 Å². The summed E-state index contributed by atoms with van der Waals surface area (Å²) >= 11 is 1.19. The van der Waals surface area contributed by atoms with Crippen molar-refractivity contribution < 1.29 is 9.90 Å². The summed E-state index contributed by atoms with van der Waals surface area (Å²) in [6.45, 7) is 6.02. The molecule has 0 aliphatic rings. The maximum absolute atomic E-state index is 10.7. The van der Waals surface area contributed by atoms with E-state index in [1.165, 1.54) is 17.3 Å². The van der Waals surface area contributed by atoms with Gasteiger partial charge in [-0.05, 0) is 31.4 Å². The third kappa shape index (κ3) is 2.85. The Balaban J connectivity index is 2.52. The molecule has 5 nitrogen and oxygen atoms in total. The maximum atomic E-state index is 10.7. The number of thioether (sulfide) groups is 1. The zero-order valence-electron chi connectivity index (χ0n) is 11.8. The van der Waals surface area contributed by atoms with Gasteiger partial charge in [0.2, 0.25) is 0 Å². The lowest BCUT2D eigenvalue weighted by Gasteiger charge is -2.15. The normalized spacial score (nSPS) is 10.8. The van der Waals surface area contributed by atoms with Crippen LogP contribution in [0.15, 0.2) is 23.4 Å². The number of carbonyl (C=O) groups is 1. The van der Waals surface area contributed by atoms with Gasteiger partial charge in [-0.1, -0.05) is 36.9 Å². The van der Waals surface area contributed by atoms with E-state index in [2.05, 4.69) is 23.2 Å². The molecule has 0 saturated heterocycles. The molecule has 0 saturated carbocycles. The molecular formula is C14H17N3O2S. The van der Waals surface area contributed by atoms with Crippen molar-refractivity contribution in [2.24, 2.45) is 0 Å². The first kappa shape index (κ1) is 14.6. The van der Waals surface area contributed by atoms with Gasteiger partial charge in [0.15, 0.2) is 5.16 Å². The van der Waals surface area contributed by atoms with Crippen LogP contribution in [0.2, 0.25) is 0 Å². The summed E-state index contributed by atoms with van der Waals surface area (Å²) in [5, 5.41) is 17.6. The van der Waals surface area contributed by atoms with E-state index in [1.54, 1.807) is 0 Å². The van der Waals surface area contributed by atoms with Crippen LogP contribution in [0.4, 0.5) is 0 Å². The van der Waals surface area contributed by atoms with Gasteiger partial charge in [0, 0.05) is 0 Å². The highest BCUT2D eigenvalue weighted by Crippen LogP contribution is 2.27. The lowest BCUT2D eigenvalue weighted by molar-refractivity contribution is -0.133. The Hall–Kier alpha value is -1.82. The lowest BCUT2D eigenvalue weighted by Crippen LogP contribution is -2.07. The molecule has 2 rings (SSSR count). The van der Waals surface area contributed by atoms with Gasteiger partial charge < -0.3 is 5.11 Å². The van der Waals surface area contributed by atoms with E-state index in [0.717, 1.165) is 23.5 Å². The fourth-order valence-electron chi connectivity index (χ4n) is 2.15. The Bertz CT molecular complexity index is 637. The highest BCUT2D eigenvalue weighted by Gasteiger charge is 2.16. The van der Waals surface area contributed by atoms with E-state index in [4.69, 9.17) is 5.11 Å². The summed E-state index contributed by atoms with van der Waals surface area (Å²) in [4.78, 5) is 10.7. The van der Waals surface area contributed by atoms with Crippen LogP contribution in [0.1, 0.15) is 23.9 Å². The molecule has 6 heteroatoms. The van der Waals surface area contributed by atoms with Crippen LogP contribution >= 0.6 is 11.8 Å². The zero-order chi connectivity index (χ0) is 14.7. The topological polar surface area (TPSA) is 68.0 Å².